The molecule has 0 bridgehead atoms. The highest BCUT2D eigenvalue weighted by Gasteiger charge is 2.34. The Morgan fingerprint density at radius 1 is 1.47 bits per heavy atom. The van der Waals surface area contributed by atoms with Gasteiger partial charge in [0.25, 0.3) is 0 Å². The number of hydrogen-bond donors (Lipinski definition) is 0. The molecule has 17 heavy (non-hydrogen) atoms. The lowest BCUT2D eigenvalue weighted by atomic mass is 10.3. The number of aldehydes is 1. The average molecular weight is 261 g/mol. The summed E-state index contributed by atoms with van der Waals surface area (Å²) in [5.74, 6) is 0. The largest absolute Gasteiger partial charge is 0.434 e. The molecule has 0 amide bonds. The summed E-state index contributed by atoms with van der Waals surface area (Å²) in [6.07, 6.45) is -2.52. The Morgan fingerprint density at radius 3 is 2.71 bits per heavy atom. The zero-order chi connectivity index (χ0) is 12.6. The van der Waals surface area contributed by atoms with E-state index in [1.54, 1.807) is 7.05 Å². The summed E-state index contributed by atoms with van der Waals surface area (Å²) in [5, 5.41) is 4.90. The van der Waals surface area contributed by atoms with E-state index >= 15 is 0 Å². The van der Waals surface area contributed by atoms with E-state index < -0.39 is 11.9 Å². The van der Waals surface area contributed by atoms with Gasteiger partial charge in [-0.1, -0.05) is 0 Å². The molecule has 2 heterocycles. The Morgan fingerprint density at radius 2 is 2.18 bits per heavy atom. The third-order valence-corrected chi connectivity index (χ3v) is 2.83. The van der Waals surface area contributed by atoms with Crippen LogP contribution in [0.15, 0.2) is 11.6 Å². The molecular weight excluding hydrogens is 255 g/mol. The zero-order valence-electron chi connectivity index (χ0n) is 8.52. The SMILES string of the molecule is Cn1cc(C=O)c(-c2nc(C(F)(F)F)cs2)n1. The van der Waals surface area contributed by atoms with Gasteiger partial charge in [0.1, 0.15) is 10.7 Å². The summed E-state index contributed by atoms with van der Waals surface area (Å²) >= 11 is 0.807. The predicted molar refractivity (Wildman–Crippen MR) is 54.7 cm³/mol. The second kappa shape index (κ2) is 3.95. The van der Waals surface area contributed by atoms with Crippen LogP contribution in [0.4, 0.5) is 13.2 Å². The molecule has 0 radical (unpaired) electrons. The molecule has 2 aromatic rings. The van der Waals surface area contributed by atoms with Crippen molar-refractivity contribution in [1.29, 1.82) is 0 Å². The van der Waals surface area contributed by atoms with Crippen molar-refractivity contribution in [3.63, 3.8) is 0 Å². The van der Waals surface area contributed by atoms with Crippen LogP contribution in [0.1, 0.15) is 16.1 Å². The van der Waals surface area contributed by atoms with Crippen LogP contribution in [0, 0.1) is 0 Å². The van der Waals surface area contributed by atoms with Crippen LogP contribution in [0.2, 0.25) is 0 Å². The second-order valence-electron chi connectivity index (χ2n) is 3.26. The number of thiazole rings is 1. The van der Waals surface area contributed by atoms with Gasteiger partial charge in [-0.2, -0.15) is 18.3 Å². The van der Waals surface area contributed by atoms with Gasteiger partial charge < -0.3 is 0 Å². The third-order valence-electron chi connectivity index (χ3n) is 1.98. The number of carbonyl (C=O) groups excluding carboxylic acids is 1. The number of hydrogen-bond acceptors (Lipinski definition) is 4. The van der Waals surface area contributed by atoms with E-state index in [1.807, 2.05) is 0 Å². The smallest absolute Gasteiger partial charge is 0.298 e. The second-order valence-corrected chi connectivity index (χ2v) is 4.12. The van der Waals surface area contributed by atoms with Crippen molar-refractivity contribution in [3.05, 3.63) is 22.8 Å². The highest BCUT2D eigenvalue weighted by Crippen LogP contribution is 2.33. The Hall–Kier alpha value is -1.70. The minimum atomic E-state index is -4.48. The Kier molecular flexibility index (Phi) is 2.74. The van der Waals surface area contributed by atoms with Crippen molar-refractivity contribution in [1.82, 2.24) is 14.8 Å². The van der Waals surface area contributed by atoms with Crippen LogP contribution in [0.25, 0.3) is 10.7 Å². The van der Waals surface area contributed by atoms with Gasteiger partial charge in [0.15, 0.2) is 12.0 Å². The Bertz CT molecular complexity index is 558. The third kappa shape index (κ3) is 2.21. The van der Waals surface area contributed by atoms with Gasteiger partial charge >= 0.3 is 6.18 Å². The van der Waals surface area contributed by atoms with Crippen molar-refractivity contribution in [2.24, 2.45) is 7.05 Å². The van der Waals surface area contributed by atoms with Crippen molar-refractivity contribution >= 4 is 17.6 Å². The number of alkyl halides is 3. The lowest BCUT2D eigenvalue weighted by Crippen LogP contribution is -2.04. The minimum absolute atomic E-state index is 0.0834. The molecule has 0 saturated carbocycles. The van der Waals surface area contributed by atoms with Crippen LogP contribution in [-0.2, 0) is 13.2 Å². The fourth-order valence-electron chi connectivity index (χ4n) is 1.27. The number of nitrogens with zero attached hydrogens (tertiary/aromatic N) is 3. The summed E-state index contributed by atoms with van der Waals surface area (Å²) in [7, 11) is 1.58. The average Bonchev–Trinajstić information content (AvgIpc) is 2.81. The summed E-state index contributed by atoms with van der Waals surface area (Å²) in [6, 6.07) is 0. The highest BCUT2D eigenvalue weighted by molar-refractivity contribution is 7.13. The van der Waals surface area contributed by atoms with E-state index in [0.717, 1.165) is 16.7 Å². The number of aryl methyl sites for hydroxylation is 1. The molecule has 0 N–H and O–H groups in total. The van der Waals surface area contributed by atoms with E-state index in [1.165, 1.54) is 10.9 Å². The monoisotopic (exact) mass is 261 g/mol. The summed E-state index contributed by atoms with van der Waals surface area (Å²) < 4.78 is 38.4. The standard InChI is InChI=1S/C9H6F3N3OS/c1-15-2-5(3-16)7(14-15)8-13-6(4-17-8)9(10,11)12/h2-4H,1H3. The number of aromatic nitrogens is 3. The molecule has 2 aromatic heterocycles. The minimum Gasteiger partial charge on any atom is -0.298 e. The van der Waals surface area contributed by atoms with Crippen molar-refractivity contribution in [2.45, 2.75) is 6.18 Å². The first kappa shape index (κ1) is 11.8. The molecule has 0 aliphatic carbocycles. The van der Waals surface area contributed by atoms with E-state index in [-0.39, 0.29) is 16.3 Å². The van der Waals surface area contributed by atoms with Gasteiger partial charge in [-0.05, 0) is 0 Å². The maximum atomic E-state index is 12.4. The number of rotatable bonds is 2. The maximum absolute atomic E-state index is 12.4. The van der Waals surface area contributed by atoms with Gasteiger partial charge in [-0.25, -0.2) is 4.98 Å². The molecule has 8 heteroatoms. The van der Waals surface area contributed by atoms with Gasteiger partial charge in [0.2, 0.25) is 0 Å². The first-order chi connectivity index (χ1) is 7.91. The zero-order valence-corrected chi connectivity index (χ0v) is 9.34. The van der Waals surface area contributed by atoms with Crippen LogP contribution in [0.5, 0.6) is 0 Å². The van der Waals surface area contributed by atoms with Crippen LogP contribution in [-0.4, -0.2) is 21.1 Å². The van der Waals surface area contributed by atoms with E-state index in [2.05, 4.69) is 10.1 Å². The van der Waals surface area contributed by atoms with Gasteiger partial charge in [0, 0.05) is 18.6 Å². The molecule has 90 valence electrons. The van der Waals surface area contributed by atoms with E-state index in [4.69, 9.17) is 0 Å². The first-order valence-corrected chi connectivity index (χ1v) is 5.31. The van der Waals surface area contributed by atoms with Crippen LogP contribution < -0.4 is 0 Å². The molecule has 0 unspecified atom stereocenters. The molecule has 0 atom stereocenters. The van der Waals surface area contributed by atoms with Gasteiger partial charge in [-0.15, -0.1) is 11.3 Å². The van der Waals surface area contributed by atoms with Crippen LogP contribution >= 0.6 is 11.3 Å². The molecule has 0 spiro atoms. The summed E-state index contributed by atoms with van der Waals surface area (Å²) in [4.78, 5) is 14.2. The first-order valence-electron chi connectivity index (χ1n) is 4.43. The van der Waals surface area contributed by atoms with Crippen molar-refractivity contribution < 1.29 is 18.0 Å². The number of carbonyl (C=O) groups is 1. The molecule has 4 nitrogen and oxygen atoms in total. The Labute approximate surface area is 97.7 Å². The molecule has 0 saturated heterocycles. The normalized spacial score (nSPS) is 11.8. The molecule has 0 aliphatic heterocycles. The van der Waals surface area contributed by atoms with Gasteiger partial charge in [-0.3, -0.25) is 9.48 Å². The fraction of sp³-hybridized carbons (Fsp3) is 0.222. The summed E-state index contributed by atoms with van der Waals surface area (Å²) in [6.45, 7) is 0. The maximum Gasteiger partial charge on any atom is 0.434 e. The fourth-order valence-corrected chi connectivity index (χ4v) is 2.10. The molecule has 2 rings (SSSR count). The topological polar surface area (TPSA) is 47.8 Å². The van der Waals surface area contributed by atoms with Crippen molar-refractivity contribution in [3.8, 4) is 10.7 Å². The lowest BCUT2D eigenvalue weighted by molar-refractivity contribution is -0.140. The van der Waals surface area contributed by atoms with E-state index in [9.17, 15) is 18.0 Å². The Balaban J connectivity index is 2.47. The van der Waals surface area contributed by atoms with E-state index in [0.29, 0.717) is 6.29 Å². The highest BCUT2D eigenvalue weighted by atomic mass is 32.1. The lowest BCUT2D eigenvalue weighted by Gasteiger charge is -1.99. The predicted octanol–water partition coefficient (Wildman–Crippen LogP) is 2.37. The number of halogens is 3. The van der Waals surface area contributed by atoms with Crippen molar-refractivity contribution in [2.75, 3.05) is 0 Å². The van der Waals surface area contributed by atoms with Gasteiger partial charge in [0.05, 0.1) is 5.56 Å². The summed E-state index contributed by atoms with van der Waals surface area (Å²) in [5.41, 5.74) is -0.585. The molecule has 0 fully saturated rings. The molecule has 0 aliphatic rings. The quantitative estimate of drug-likeness (QED) is 0.780. The van der Waals surface area contributed by atoms with Crippen LogP contribution in [0.3, 0.4) is 0 Å². The molecular formula is C9H6F3N3OS. The molecule has 0 aromatic carbocycles.